The molecule has 0 aliphatic carbocycles. The highest BCUT2D eigenvalue weighted by Crippen LogP contribution is 2.14. The molecule has 2 aliphatic rings. The molecule has 0 bridgehead atoms. The fourth-order valence-electron chi connectivity index (χ4n) is 3.75. The van der Waals surface area contributed by atoms with Gasteiger partial charge >= 0.3 is 0 Å². The Morgan fingerprint density at radius 2 is 2.12 bits per heavy atom. The third-order valence-corrected chi connectivity index (χ3v) is 5.29. The molecule has 0 radical (unpaired) electrons. The zero-order valence-corrected chi connectivity index (χ0v) is 15.7. The summed E-state index contributed by atoms with van der Waals surface area (Å²) in [5.74, 6) is 1.36. The Morgan fingerprint density at radius 3 is 2.84 bits per heavy atom. The molecule has 3 heterocycles. The van der Waals surface area contributed by atoms with Crippen molar-refractivity contribution in [2.24, 2.45) is 0 Å². The van der Waals surface area contributed by atoms with E-state index in [1.165, 1.54) is 0 Å². The molecule has 2 fully saturated rings. The Kier molecular flexibility index (Phi) is 6.09. The molecule has 1 aromatic rings. The first-order valence-corrected chi connectivity index (χ1v) is 9.42. The number of hydrogen-bond donors (Lipinski definition) is 0. The van der Waals surface area contributed by atoms with Crippen molar-refractivity contribution in [1.29, 1.82) is 0 Å². The zero-order valence-electron chi connectivity index (χ0n) is 15.7. The van der Waals surface area contributed by atoms with Gasteiger partial charge in [0.25, 0.3) is 0 Å². The molecule has 2 saturated heterocycles. The van der Waals surface area contributed by atoms with Gasteiger partial charge < -0.3 is 14.2 Å². The van der Waals surface area contributed by atoms with Gasteiger partial charge in [0, 0.05) is 57.7 Å². The monoisotopic (exact) mass is 349 g/mol. The van der Waals surface area contributed by atoms with Crippen LogP contribution in [0.15, 0.2) is 12.4 Å². The summed E-state index contributed by atoms with van der Waals surface area (Å²) in [6.07, 6.45) is 4.07. The Hall–Kier alpha value is -1.44. The standard InChI is InChI=1S/C18H31N5O2/c1-4-21-6-5-19-17(21)13-22-8-7-20(11-15(22)2)14-18(24)23-9-10-25-16(3)12-23/h5-6,15-16H,4,7-14H2,1-3H3/t15-,16+/m0/s1. The molecule has 0 unspecified atom stereocenters. The second-order valence-corrected chi connectivity index (χ2v) is 7.21. The first-order valence-electron chi connectivity index (χ1n) is 9.42. The average Bonchev–Trinajstić information content (AvgIpc) is 3.04. The summed E-state index contributed by atoms with van der Waals surface area (Å²) >= 11 is 0. The predicted molar refractivity (Wildman–Crippen MR) is 96.2 cm³/mol. The number of piperazine rings is 1. The van der Waals surface area contributed by atoms with E-state index in [0.29, 0.717) is 25.7 Å². The third-order valence-electron chi connectivity index (χ3n) is 5.29. The Balaban J connectivity index is 1.49. The lowest BCUT2D eigenvalue weighted by Crippen LogP contribution is -2.55. The van der Waals surface area contributed by atoms with Crippen LogP contribution in [0.4, 0.5) is 0 Å². The van der Waals surface area contributed by atoms with Gasteiger partial charge in [-0.05, 0) is 20.8 Å². The molecule has 0 saturated carbocycles. The van der Waals surface area contributed by atoms with E-state index in [4.69, 9.17) is 4.74 Å². The minimum atomic E-state index is 0.149. The van der Waals surface area contributed by atoms with E-state index < -0.39 is 0 Å². The summed E-state index contributed by atoms with van der Waals surface area (Å²) in [6.45, 7) is 13.7. The van der Waals surface area contributed by atoms with E-state index >= 15 is 0 Å². The maximum atomic E-state index is 12.5. The van der Waals surface area contributed by atoms with Gasteiger partial charge in [-0.25, -0.2) is 4.98 Å². The highest BCUT2D eigenvalue weighted by atomic mass is 16.5. The summed E-state index contributed by atoms with van der Waals surface area (Å²) in [4.78, 5) is 23.7. The number of rotatable bonds is 5. The van der Waals surface area contributed by atoms with Crippen LogP contribution in [0.25, 0.3) is 0 Å². The number of carbonyl (C=O) groups excluding carboxylic acids is 1. The summed E-state index contributed by atoms with van der Waals surface area (Å²) < 4.78 is 7.72. The molecule has 3 rings (SSSR count). The van der Waals surface area contributed by atoms with Crippen LogP contribution in [0.1, 0.15) is 26.6 Å². The molecular weight excluding hydrogens is 318 g/mol. The Bertz CT molecular complexity index is 576. The van der Waals surface area contributed by atoms with Crippen LogP contribution in [-0.4, -0.2) is 88.2 Å². The summed E-state index contributed by atoms with van der Waals surface area (Å²) in [6, 6.07) is 0.423. The minimum absolute atomic E-state index is 0.149. The predicted octanol–water partition coefficient (Wildman–Crippen LogP) is 0.656. The largest absolute Gasteiger partial charge is 0.375 e. The fourth-order valence-corrected chi connectivity index (χ4v) is 3.75. The number of carbonyl (C=O) groups is 1. The molecule has 1 amide bonds. The lowest BCUT2D eigenvalue weighted by Gasteiger charge is -2.40. The van der Waals surface area contributed by atoms with Crippen molar-refractivity contribution in [3.05, 3.63) is 18.2 Å². The highest BCUT2D eigenvalue weighted by Gasteiger charge is 2.28. The van der Waals surface area contributed by atoms with E-state index in [9.17, 15) is 4.79 Å². The van der Waals surface area contributed by atoms with Gasteiger partial charge in [0.05, 0.1) is 25.8 Å². The second-order valence-electron chi connectivity index (χ2n) is 7.21. The molecule has 2 atom stereocenters. The molecule has 25 heavy (non-hydrogen) atoms. The molecule has 2 aliphatic heterocycles. The fraction of sp³-hybridized carbons (Fsp3) is 0.778. The van der Waals surface area contributed by atoms with Crippen LogP contribution in [0.2, 0.25) is 0 Å². The number of hydrogen-bond acceptors (Lipinski definition) is 5. The summed E-state index contributed by atoms with van der Waals surface area (Å²) in [7, 11) is 0. The molecular formula is C18H31N5O2. The number of ether oxygens (including phenoxy) is 1. The van der Waals surface area contributed by atoms with E-state index in [2.05, 4.69) is 33.2 Å². The van der Waals surface area contributed by atoms with Crippen LogP contribution in [0.3, 0.4) is 0 Å². The summed E-state index contributed by atoms with van der Waals surface area (Å²) in [5, 5.41) is 0. The van der Waals surface area contributed by atoms with Crippen molar-refractivity contribution < 1.29 is 9.53 Å². The van der Waals surface area contributed by atoms with Crippen molar-refractivity contribution in [3.8, 4) is 0 Å². The van der Waals surface area contributed by atoms with E-state index in [1.54, 1.807) is 0 Å². The highest BCUT2D eigenvalue weighted by molar-refractivity contribution is 5.78. The van der Waals surface area contributed by atoms with E-state index in [-0.39, 0.29) is 12.0 Å². The molecule has 0 N–H and O–H groups in total. The van der Waals surface area contributed by atoms with Crippen LogP contribution < -0.4 is 0 Å². The average molecular weight is 349 g/mol. The smallest absolute Gasteiger partial charge is 0.236 e. The van der Waals surface area contributed by atoms with Crippen molar-refractivity contribution in [2.75, 3.05) is 45.9 Å². The first-order chi connectivity index (χ1) is 12.1. The van der Waals surface area contributed by atoms with Gasteiger partial charge in [0.2, 0.25) is 5.91 Å². The Labute approximate surface area is 150 Å². The van der Waals surface area contributed by atoms with Crippen molar-refractivity contribution in [3.63, 3.8) is 0 Å². The Morgan fingerprint density at radius 1 is 1.28 bits per heavy atom. The number of aromatic nitrogens is 2. The van der Waals surface area contributed by atoms with Gasteiger partial charge in [-0.15, -0.1) is 0 Å². The topological polar surface area (TPSA) is 53.8 Å². The minimum Gasteiger partial charge on any atom is -0.375 e. The zero-order chi connectivity index (χ0) is 17.8. The maximum Gasteiger partial charge on any atom is 0.236 e. The number of nitrogens with zero attached hydrogens (tertiary/aromatic N) is 5. The lowest BCUT2D eigenvalue weighted by atomic mass is 10.2. The third kappa shape index (κ3) is 4.59. The van der Waals surface area contributed by atoms with E-state index in [1.807, 2.05) is 24.2 Å². The number of aryl methyl sites for hydroxylation is 1. The molecule has 0 spiro atoms. The number of morpholine rings is 1. The molecule has 140 valence electrons. The van der Waals surface area contributed by atoms with Crippen LogP contribution in [-0.2, 0) is 22.6 Å². The number of amides is 1. The maximum absolute atomic E-state index is 12.5. The van der Waals surface area contributed by atoms with Gasteiger partial charge in [0.15, 0.2) is 0 Å². The lowest BCUT2D eigenvalue weighted by molar-refractivity contribution is -0.140. The number of imidazole rings is 1. The second kappa shape index (κ2) is 8.29. The van der Waals surface area contributed by atoms with Crippen LogP contribution >= 0.6 is 0 Å². The van der Waals surface area contributed by atoms with Crippen molar-refractivity contribution in [1.82, 2.24) is 24.3 Å². The van der Waals surface area contributed by atoms with Gasteiger partial charge in [-0.3, -0.25) is 14.6 Å². The summed E-state index contributed by atoms with van der Waals surface area (Å²) in [5.41, 5.74) is 0. The first kappa shape index (κ1) is 18.4. The SMILES string of the molecule is CCn1ccnc1CN1CCN(CC(=O)N2CCO[C@H](C)C2)C[C@@H]1C. The molecule has 7 heteroatoms. The molecule has 1 aromatic heterocycles. The van der Waals surface area contributed by atoms with Gasteiger partial charge in [-0.2, -0.15) is 0 Å². The van der Waals surface area contributed by atoms with E-state index in [0.717, 1.165) is 45.1 Å². The normalized spacial score (nSPS) is 26.1. The van der Waals surface area contributed by atoms with Gasteiger partial charge in [-0.1, -0.05) is 0 Å². The van der Waals surface area contributed by atoms with Crippen LogP contribution in [0, 0.1) is 0 Å². The molecule has 7 nitrogen and oxygen atoms in total. The molecule has 0 aromatic carbocycles. The quantitative estimate of drug-likeness (QED) is 0.782. The van der Waals surface area contributed by atoms with Gasteiger partial charge in [0.1, 0.15) is 5.82 Å². The van der Waals surface area contributed by atoms with Crippen LogP contribution in [0.5, 0.6) is 0 Å². The van der Waals surface area contributed by atoms with Crippen molar-refractivity contribution in [2.45, 2.75) is 46.0 Å². The van der Waals surface area contributed by atoms with Crippen molar-refractivity contribution >= 4 is 5.91 Å².